The molecule has 0 unspecified atom stereocenters. The SMILES string of the molecule is COc1ccc(CCNCc2ccc(Cl)cc2C)cc1. The molecular formula is C17H20ClNO. The Kier molecular flexibility index (Phi) is 5.45. The molecule has 2 rings (SSSR count). The highest BCUT2D eigenvalue weighted by atomic mass is 35.5. The van der Waals surface area contributed by atoms with Gasteiger partial charge in [-0.25, -0.2) is 0 Å². The zero-order valence-electron chi connectivity index (χ0n) is 11.9. The molecule has 0 aliphatic heterocycles. The number of benzene rings is 2. The molecule has 0 radical (unpaired) electrons. The van der Waals surface area contributed by atoms with Crippen LogP contribution >= 0.6 is 11.6 Å². The predicted molar refractivity (Wildman–Crippen MR) is 84.6 cm³/mol. The van der Waals surface area contributed by atoms with E-state index in [1.54, 1.807) is 7.11 Å². The Morgan fingerprint density at radius 2 is 1.85 bits per heavy atom. The van der Waals surface area contributed by atoms with Crippen molar-refractivity contribution in [3.05, 3.63) is 64.2 Å². The zero-order chi connectivity index (χ0) is 14.4. The van der Waals surface area contributed by atoms with Crippen LogP contribution in [0.1, 0.15) is 16.7 Å². The van der Waals surface area contributed by atoms with Crippen molar-refractivity contribution < 1.29 is 4.74 Å². The largest absolute Gasteiger partial charge is 0.497 e. The van der Waals surface area contributed by atoms with E-state index in [-0.39, 0.29) is 0 Å². The monoisotopic (exact) mass is 289 g/mol. The van der Waals surface area contributed by atoms with Gasteiger partial charge in [-0.15, -0.1) is 0 Å². The fourth-order valence-corrected chi connectivity index (χ4v) is 2.33. The summed E-state index contributed by atoms with van der Waals surface area (Å²) in [5, 5.41) is 4.26. The van der Waals surface area contributed by atoms with Crippen LogP contribution in [0.15, 0.2) is 42.5 Å². The first-order valence-corrected chi connectivity index (χ1v) is 7.15. The highest BCUT2D eigenvalue weighted by Gasteiger charge is 1.99. The van der Waals surface area contributed by atoms with Gasteiger partial charge in [-0.05, 0) is 60.8 Å². The summed E-state index contributed by atoms with van der Waals surface area (Å²) in [6.07, 6.45) is 1.01. The number of hydrogen-bond acceptors (Lipinski definition) is 2. The molecule has 2 nitrogen and oxygen atoms in total. The minimum atomic E-state index is 0.796. The first-order chi connectivity index (χ1) is 9.69. The van der Waals surface area contributed by atoms with Gasteiger partial charge in [0.05, 0.1) is 7.11 Å². The molecule has 0 saturated heterocycles. The van der Waals surface area contributed by atoms with E-state index in [2.05, 4.69) is 30.4 Å². The number of rotatable bonds is 6. The molecule has 0 aromatic heterocycles. The van der Waals surface area contributed by atoms with Gasteiger partial charge in [0, 0.05) is 11.6 Å². The van der Waals surface area contributed by atoms with Crippen molar-refractivity contribution in [3.8, 4) is 5.75 Å². The standard InChI is InChI=1S/C17H20ClNO/c1-13-11-16(18)6-5-15(13)12-19-10-9-14-3-7-17(20-2)8-4-14/h3-8,11,19H,9-10,12H2,1-2H3. The van der Waals surface area contributed by atoms with Gasteiger partial charge >= 0.3 is 0 Å². The number of halogens is 1. The van der Waals surface area contributed by atoms with E-state index in [9.17, 15) is 0 Å². The number of ether oxygens (including phenoxy) is 1. The summed E-state index contributed by atoms with van der Waals surface area (Å²) in [6, 6.07) is 14.2. The summed E-state index contributed by atoms with van der Waals surface area (Å²) in [5.74, 6) is 0.901. The van der Waals surface area contributed by atoms with Crippen LogP contribution in [0.2, 0.25) is 5.02 Å². The van der Waals surface area contributed by atoms with Crippen molar-refractivity contribution in [1.29, 1.82) is 0 Å². The van der Waals surface area contributed by atoms with E-state index in [1.807, 2.05) is 24.3 Å². The van der Waals surface area contributed by atoms with Crippen molar-refractivity contribution in [2.75, 3.05) is 13.7 Å². The molecule has 2 aromatic rings. The molecule has 1 N–H and O–H groups in total. The molecule has 0 spiro atoms. The summed E-state index contributed by atoms with van der Waals surface area (Å²) >= 11 is 5.95. The lowest BCUT2D eigenvalue weighted by atomic mass is 10.1. The maximum atomic E-state index is 5.95. The Labute approximate surface area is 125 Å². The molecular weight excluding hydrogens is 270 g/mol. The summed E-state index contributed by atoms with van der Waals surface area (Å²) in [6.45, 7) is 3.92. The van der Waals surface area contributed by atoms with Crippen molar-refractivity contribution in [2.24, 2.45) is 0 Å². The van der Waals surface area contributed by atoms with Crippen LogP contribution in [-0.2, 0) is 13.0 Å². The van der Waals surface area contributed by atoms with E-state index in [0.717, 1.165) is 30.3 Å². The molecule has 0 fully saturated rings. The minimum absolute atomic E-state index is 0.796. The van der Waals surface area contributed by atoms with E-state index >= 15 is 0 Å². The molecule has 106 valence electrons. The zero-order valence-corrected chi connectivity index (χ0v) is 12.7. The smallest absolute Gasteiger partial charge is 0.118 e. The van der Waals surface area contributed by atoms with E-state index in [1.165, 1.54) is 16.7 Å². The maximum absolute atomic E-state index is 5.95. The van der Waals surface area contributed by atoms with Crippen molar-refractivity contribution >= 4 is 11.6 Å². The molecule has 20 heavy (non-hydrogen) atoms. The van der Waals surface area contributed by atoms with Crippen LogP contribution in [0.4, 0.5) is 0 Å². The molecule has 0 aliphatic carbocycles. The van der Waals surface area contributed by atoms with Gasteiger partial charge < -0.3 is 10.1 Å². The molecule has 0 saturated carbocycles. The molecule has 0 bridgehead atoms. The Morgan fingerprint density at radius 3 is 2.50 bits per heavy atom. The molecule has 0 heterocycles. The first kappa shape index (κ1) is 14.9. The second kappa shape index (κ2) is 7.32. The summed E-state index contributed by atoms with van der Waals surface area (Å²) in [7, 11) is 1.69. The average Bonchev–Trinajstić information content (AvgIpc) is 2.46. The Bertz CT molecular complexity index is 551. The Morgan fingerprint density at radius 1 is 1.10 bits per heavy atom. The topological polar surface area (TPSA) is 21.3 Å². The molecule has 2 aromatic carbocycles. The fraction of sp³-hybridized carbons (Fsp3) is 0.294. The van der Waals surface area contributed by atoms with Crippen molar-refractivity contribution in [3.63, 3.8) is 0 Å². The van der Waals surface area contributed by atoms with Crippen LogP contribution in [0, 0.1) is 6.92 Å². The van der Waals surface area contributed by atoms with Crippen LogP contribution in [0.25, 0.3) is 0 Å². The van der Waals surface area contributed by atoms with E-state index < -0.39 is 0 Å². The molecule has 0 atom stereocenters. The molecule has 0 aliphatic rings. The quantitative estimate of drug-likeness (QED) is 0.812. The predicted octanol–water partition coefficient (Wildman–Crippen LogP) is 3.99. The molecule has 3 heteroatoms. The lowest BCUT2D eigenvalue weighted by molar-refractivity contribution is 0.414. The second-order valence-corrected chi connectivity index (χ2v) is 5.28. The number of hydrogen-bond donors (Lipinski definition) is 1. The first-order valence-electron chi connectivity index (χ1n) is 6.77. The summed E-state index contributed by atoms with van der Waals surface area (Å²) < 4.78 is 5.15. The van der Waals surface area contributed by atoms with Gasteiger partial charge in [0.15, 0.2) is 0 Å². The number of aryl methyl sites for hydroxylation is 1. The van der Waals surface area contributed by atoms with Gasteiger partial charge in [0.25, 0.3) is 0 Å². The third-order valence-electron chi connectivity index (χ3n) is 3.37. The Balaban J connectivity index is 1.78. The summed E-state index contributed by atoms with van der Waals surface area (Å²) in [5.41, 5.74) is 3.84. The highest BCUT2D eigenvalue weighted by molar-refractivity contribution is 6.30. The van der Waals surface area contributed by atoms with Gasteiger partial charge in [-0.1, -0.05) is 29.8 Å². The van der Waals surface area contributed by atoms with Crippen molar-refractivity contribution in [1.82, 2.24) is 5.32 Å². The lowest BCUT2D eigenvalue weighted by Gasteiger charge is -2.08. The van der Waals surface area contributed by atoms with Crippen LogP contribution < -0.4 is 10.1 Å². The third-order valence-corrected chi connectivity index (χ3v) is 3.60. The van der Waals surface area contributed by atoms with Crippen molar-refractivity contribution in [2.45, 2.75) is 19.9 Å². The Hall–Kier alpha value is -1.51. The van der Waals surface area contributed by atoms with Crippen LogP contribution in [0.5, 0.6) is 5.75 Å². The summed E-state index contributed by atoms with van der Waals surface area (Å²) in [4.78, 5) is 0. The van der Waals surface area contributed by atoms with Gasteiger partial charge in [-0.3, -0.25) is 0 Å². The number of methoxy groups -OCH3 is 1. The fourth-order valence-electron chi connectivity index (χ4n) is 2.11. The highest BCUT2D eigenvalue weighted by Crippen LogP contribution is 2.15. The lowest BCUT2D eigenvalue weighted by Crippen LogP contribution is -2.17. The van der Waals surface area contributed by atoms with E-state index in [4.69, 9.17) is 16.3 Å². The second-order valence-electron chi connectivity index (χ2n) is 4.85. The average molecular weight is 290 g/mol. The van der Waals surface area contributed by atoms with Crippen LogP contribution in [0.3, 0.4) is 0 Å². The number of nitrogens with one attached hydrogen (secondary N) is 1. The van der Waals surface area contributed by atoms with Gasteiger partial charge in [0.2, 0.25) is 0 Å². The maximum Gasteiger partial charge on any atom is 0.118 e. The van der Waals surface area contributed by atoms with Gasteiger partial charge in [0.1, 0.15) is 5.75 Å². The van der Waals surface area contributed by atoms with Crippen LogP contribution in [-0.4, -0.2) is 13.7 Å². The normalized spacial score (nSPS) is 10.6. The van der Waals surface area contributed by atoms with E-state index in [0.29, 0.717) is 0 Å². The third kappa shape index (κ3) is 4.26. The molecule has 0 amide bonds. The van der Waals surface area contributed by atoms with Gasteiger partial charge in [-0.2, -0.15) is 0 Å². The minimum Gasteiger partial charge on any atom is -0.497 e.